The first kappa shape index (κ1) is 14.9. The molecule has 0 spiro atoms. The smallest absolute Gasteiger partial charge is 0.133 e. The van der Waals surface area contributed by atoms with Crippen molar-refractivity contribution in [2.24, 2.45) is 35.0 Å². The van der Waals surface area contributed by atoms with E-state index in [9.17, 15) is 9.18 Å². The minimum atomic E-state index is -0.729. The molecule has 0 saturated heterocycles. The second kappa shape index (κ2) is 5.18. The quantitative estimate of drug-likeness (QED) is 0.569. The Kier molecular flexibility index (Phi) is 3.51. The Bertz CT molecular complexity index is 510. The van der Waals surface area contributed by atoms with Gasteiger partial charge in [0.25, 0.3) is 0 Å². The number of allylic oxidation sites excluding steroid dienone is 2. The molecule has 0 unspecified atom stereocenters. The summed E-state index contributed by atoms with van der Waals surface area (Å²) in [6, 6.07) is 0. The molecule has 4 aliphatic rings. The normalized spacial score (nSPS) is 53.0. The Morgan fingerprint density at radius 3 is 2.64 bits per heavy atom. The van der Waals surface area contributed by atoms with Crippen LogP contribution in [0.1, 0.15) is 65.2 Å². The number of fused-ring (bicyclic) bond motifs is 5. The summed E-state index contributed by atoms with van der Waals surface area (Å²) in [6.07, 6.45) is 9.57. The standard InChI is InChI=1S/C20H29FO/c1-3-12-4-7-18-16-11-19(21)17-10-13(22)5-6-14(17)15(16)8-9-20(12,18)2/h3,14-19H,4-11H2,1-2H3/b12-3-/t14-,15-,16-,17+,18+,19-,20-/m1/s1. The van der Waals surface area contributed by atoms with Gasteiger partial charge in [0.1, 0.15) is 12.0 Å². The summed E-state index contributed by atoms with van der Waals surface area (Å²) in [6.45, 7) is 4.62. The number of ketones is 1. The molecule has 4 aliphatic carbocycles. The van der Waals surface area contributed by atoms with E-state index in [1.165, 1.54) is 25.7 Å². The van der Waals surface area contributed by atoms with Crippen molar-refractivity contribution in [2.45, 2.75) is 71.4 Å². The molecule has 2 heteroatoms. The summed E-state index contributed by atoms with van der Waals surface area (Å²) in [5.41, 5.74) is 1.97. The van der Waals surface area contributed by atoms with Crippen LogP contribution in [0, 0.1) is 35.0 Å². The van der Waals surface area contributed by atoms with Crippen molar-refractivity contribution >= 4 is 5.78 Å². The monoisotopic (exact) mass is 304 g/mol. The van der Waals surface area contributed by atoms with Crippen LogP contribution >= 0.6 is 0 Å². The largest absolute Gasteiger partial charge is 0.300 e. The second-order valence-corrected chi connectivity index (χ2v) is 8.60. The van der Waals surface area contributed by atoms with E-state index in [0.29, 0.717) is 47.7 Å². The highest BCUT2D eigenvalue weighted by atomic mass is 19.1. The van der Waals surface area contributed by atoms with Gasteiger partial charge < -0.3 is 0 Å². The molecular weight excluding hydrogens is 275 g/mol. The van der Waals surface area contributed by atoms with Crippen LogP contribution in [0.3, 0.4) is 0 Å². The minimum absolute atomic E-state index is 0.0504. The lowest BCUT2D eigenvalue weighted by molar-refractivity contribution is -0.131. The maximum atomic E-state index is 14.9. The van der Waals surface area contributed by atoms with Crippen molar-refractivity contribution in [2.75, 3.05) is 0 Å². The van der Waals surface area contributed by atoms with Gasteiger partial charge in [0, 0.05) is 18.8 Å². The van der Waals surface area contributed by atoms with Gasteiger partial charge in [-0.3, -0.25) is 4.79 Å². The molecule has 0 radical (unpaired) electrons. The minimum Gasteiger partial charge on any atom is -0.300 e. The van der Waals surface area contributed by atoms with Crippen LogP contribution < -0.4 is 0 Å². The van der Waals surface area contributed by atoms with Crippen molar-refractivity contribution < 1.29 is 9.18 Å². The third-order valence-corrected chi connectivity index (χ3v) is 7.97. The first-order valence-electron chi connectivity index (χ1n) is 9.36. The van der Waals surface area contributed by atoms with Gasteiger partial charge in [-0.1, -0.05) is 18.6 Å². The third-order valence-electron chi connectivity index (χ3n) is 7.97. The molecule has 0 aromatic heterocycles. The molecular formula is C20H29FO. The van der Waals surface area contributed by atoms with E-state index in [-0.39, 0.29) is 5.92 Å². The van der Waals surface area contributed by atoms with E-state index in [1.807, 2.05) is 0 Å². The van der Waals surface area contributed by atoms with E-state index in [2.05, 4.69) is 19.9 Å². The number of halogens is 1. The van der Waals surface area contributed by atoms with Crippen molar-refractivity contribution in [1.82, 2.24) is 0 Å². The van der Waals surface area contributed by atoms with Crippen LogP contribution in [0.2, 0.25) is 0 Å². The summed E-state index contributed by atoms with van der Waals surface area (Å²) >= 11 is 0. The number of rotatable bonds is 0. The average molecular weight is 304 g/mol. The molecule has 22 heavy (non-hydrogen) atoms. The number of hydrogen-bond acceptors (Lipinski definition) is 1. The van der Waals surface area contributed by atoms with Crippen LogP contribution in [0.4, 0.5) is 4.39 Å². The van der Waals surface area contributed by atoms with Crippen LogP contribution in [0.15, 0.2) is 11.6 Å². The highest BCUT2D eigenvalue weighted by Gasteiger charge is 2.57. The fourth-order valence-corrected chi connectivity index (χ4v) is 6.93. The Morgan fingerprint density at radius 1 is 1.09 bits per heavy atom. The first-order valence-corrected chi connectivity index (χ1v) is 9.36. The summed E-state index contributed by atoms with van der Waals surface area (Å²) in [4.78, 5) is 11.8. The predicted octanol–water partition coefficient (Wildman–Crippen LogP) is 5.10. The summed E-state index contributed by atoms with van der Waals surface area (Å²) in [7, 11) is 0. The molecule has 0 bridgehead atoms. The van der Waals surface area contributed by atoms with E-state index >= 15 is 0 Å². The molecule has 122 valence electrons. The molecule has 7 atom stereocenters. The SMILES string of the molecule is C/C=C1/CC[C@H]2[C@@H]3C[C@@H](F)[C@H]4CC(=O)CC[C@@H]4[C@H]3CC[C@]12C. The van der Waals surface area contributed by atoms with Gasteiger partial charge in [-0.2, -0.15) is 0 Å². The predicted molar refractivity (Wildman–Crippen MR) is 86.2 cm³/mol. The molecule has 0 aromatic carbocycles. The molecule has 4 fully saturated rings. The molecule has 4 rings (SSSR count). The number of Topliss-reactive ketones (excluding diaryl/α,β-unsaturated/α-hetero) is 1. The van der Waals surface area contributed by atoms with Crippen LogP contribution in [-0.4, -0.2) is 12.0 Å². The van der Waals surface area contributed by atoms with E-state index in [1.54, 1.807) is 5.57 Å². The maximum absolute atomic E-state index is 14.9. The fraction of sp³-hybridized carbons (Fsp3) is 0.850. The zero-order valence-corrected chi connectivity index (χ0v) is 14.0. The lowest BCUT2D eigenvalue weighted by Crippen LogP contribution is -2.51. The molecule has 0 amide bonds. The fourth-order valence-electron chi connectivity index (χ4n) is 6.93. The van der Waals surface area contributed by atoms with Gasteiger partial charge in [-0.25, -0.2) is 4.39 Å². The number of carbonyl (C=O) groups is 1. The van der Waals surface area contributed by atoms with Gasteiger partial charge in [0.2, 0.25) is 0 Å². The Labute approximate surface area is 133 Å². The van der Waals surface area contributed by atoms with Crippen LogP contribution in [-0.2, 0) is 4.79 Å². The van der Waals surface area contributed by atoms with Gasteiger partial charge >= 0.3 is 0 Å². The molecule has 4 saturated carbocycles. The average Bonchev–Trinajstić information content (AvgIpc) is 2.84. The first-order chi connectivity index (χ1) is 10.5. The van der Waals surface area contributed by atoms with Crippen molar-refractivity contribution in [3.8, 4) is 0 Å². The highest BCUT2D eigenvalue weighted by molar-refractivity contribution is 5.79. The lowest BCUT2D eigenvalue weighted by atomic mass is 9.50. The lowest BCUT2D eigenvalue weighted by Gasteiger charge is -2.55. The molecule has 0 aliphatic heterocycles. The molecule has 0 N–H and O–H groups in total. The third kappa shape index (κ3) is 1.98. The van der Waals surface area contributed by atoms with Crippen molar-refractivity contribution in [3.63, 3.8) is 0 Å². The van der Waals surface area contributed by atoms with Gasteiger partial charge in [-0.15, -0.1) is 0 Å². The number of alkyl halides is 1. The van der Waals surface area contributed by atoms with Crippen LogP contribution in [0.25, 0.3) is 0 Å². The zero-order valence-electron chi connectivity index (χ0n) is 14.0. The van der Waals surface area contributed by atoms with Gasteiger partial charge in [-0.05, 0) is 74.5 Å². The van der Waals surface area contributed by atoms with Gasteiger partial charge in [0.15, 0.2) is 0 Å². The summed E-state index contributed by atoms with van der Waals surface area (Å²) in [5, 5.41) is 0. The maximum Gasteiger partial charge on any atom is 0.133 e. The molecule has 0 aromatic rings. The molecule has 0 heterocycles. The molecule has 1 nitrogen and oxygen atoms in total. The highest BCUT2D eigenvalue weighted by Crippen LogP contribution is 2.64. The Morgan fingerprint density at radius 2 is 1.86 bits per heavy atom. The van der Waals surface area contributed by atoms with E-state index in [0.717, 1.165) is 12.8 Å². The summed E-state index contributed by atoms with van der Waals surface area (Å²) in [5.74, 6) is 2.80. The topological polar surface area (TPSA) is 17.1 Å². The summed E-state index contributed by atoms with van der Waals surface area (Å²) < 4.78 is 14.9. The van der Waals surface area contributed by atoms with Gasteiger partial charge in [0.05, 0.1) is 0 Å². The van der Waals surface area contributed by atoms with E-state index < -0.39 is 6.17 Å². The number of carbonyl (C=O) groups excluding carboxylic acids is 1. The van der Waals surface area contributed by atoms with Crippen molar-refractivity contribution in [1.29, 1.82) is 0 Å². The van der Waals surface area contributed by atoms with E-state index in [4.69, 9.17) is 0 Å². The Balaban J connectivity index is 1.63. The Hall–Kier alpha value is -0.660. The van der Waals surface area contributed by atoms with Crippen molar-refractivity contribution in [3.05, 3.63) is 11.6 Å². The zero-order chi connectivity index (χ0) is 15.5. The second-order valence-electron chi connectivity index (χ2n) is 8.60. The number of hydrogen-bond donors (Lipinski definition) is 0. The van der Waals surface area contributed by atoms with Crippen LogP contribution in [0.5, 0.6) is 0 Å².